The summed E-state index contributed by atoms with van der Waals surface area (Å²) in [7, 11) is 0. The van der Waals surface area contributed by atoms with Crippen LogP contribution in [-0.4, -0.2) is 54.0 Å². The van der Waals surface area contributed by atoms with Gasteiger partial charge in [-0.25, -0.2) is 0 Å². The molecule has 1 aliphatic heterocycles. The molecule has 1 aromatic rings. The van der Waals surface area contributed by atoms with Crippen molar-refractivity contribution in [2.45, 2.75) is 26.4 Å². The predicted octanol–water partition coefficient (Wildman–Crippen LogP) is 2.01. The fourth-order valence-corrected chi connectivity index (χ4v) is 4.88. The van der Waals surface area contributed by atoms with Gasteiger partial charge < -0.3 is 15.7 Å². The van der Waals surface area contributed by atoms with Crippen molar-refractivity contribution in [2.75, 3.05) is 26.2 Å². The largest absolute Gasteiger partial charge is 0.386 e. The van der Waals surface area contributed by atoms with Crippen molar-refractivity contribution >= 4 is 41.8 Å². The zero-order chi connectivity index (χ0) is 21.3. The smallest absolute Gasteiger partial charge is 0.233 e. The summed E-state index contributed by atoms with van der Waals surface area (Å²) >= 11 is 0. The van der Waals surface area contributed by atoms with Gasteiger partial charge in [0, 0.05) is 19.6 Å². The van der Waals surface area contributed by atoms with Crippen LogP contribution in [0.15, 0.2) is 41.4 Å². The average Bonchev–Trinajstić information content (AvgIpc) is 3.42. The highest BCUT2D eigenvalue weighted by Crippen LogP contribution is 2.52. The number of rotatable bonds is 7. The van der Waals surface area contributed by atoms with Crippen LogP contribution in [0.2, 0.25) is 0 Å². The minimum absolute atomic E-state index is 0. The normalized spacial score (nSPS) is 27.3. The van der Waals surface area contributed by atoms with Gasteiger partial charge in [-0.15, -0.1) is 24.0 Å². The first-order valence-corrected chi connectivity index (χ1v) is 10.8. The van der Waals surface area contributed by atoms with Gasteiger partial charge in [-0.2, -0.15) is 0 Å². The topological polar surface area (TPSA) is 94.0 Å². The number of guanidine groups is 1. The van der Waals surface area contributed by atoms with Crippen LogP contribution in [0.5, 0.6) is 0 Å². The SMILES string of the molecule is CCNC(=NCC(O)c1ccc(C)cc1)NCCN1C(=O)C2C3C=CC(C3)C2C1=O.I. The minimum atomic E-state index is -0.690. The lowest BCUT2D eigenvalue weighted by Crippen LogP contribution is -2.43. The molecule has 2 amide bonds. The van der Waals surface area contributed by atoms with Gasteiger partial charge in [-0.1, -0.05) is 42.0 Å². The summed E-state index contributed by atoms with van der Waals surface area (Å²) in [5, 5.41) is 16.7. The van der Waals surface area contributed by atoms with Crippen LogP contribution in [0.1, 0.15) is 30.6 Å². The Hall–Kier alpha value is -1.94. The van der Waals surface area contributed by atoms with E-state index in [4.69, 9.17) is 0 Å². The second-order valence-corrected chi connectivity index (χ2v) is 8.40. The zero-order valence-corrected chi connectivity index (χ0v) is 20.3. The molecule has 2 aliphatic carbocycles. The Kier molecular flexibility index (Phi) is 7.74. The molecule has 4 rings (SSSR count). The maximum atomic E-state index is 12.7. The molecule has 8 heteroatoms. The summed E-state index contributed by atoms with van der Waals surface area (Å²) in [6.07, 6.45) is 4.46. The fraction of sp³-hybridized carbons (Fsp3) is 0.522. The number of allylic oxidation sites excluding steroid dienone is 2. The van der Waals surface area contributed by atoms with Crippen molar-refractivity contribution in [1.29, 1.82) is 0 Å². The number of carbonyl (C=O) groups excluding carboxylic acids is 2. The zero-order valence-electron chi connectivity index (χ0n) is 18.0. The number of likely N-dealkylation sites (tertiary alicyclic amines) is 1. The summed E-state index contributed by atoms with van der Waals surface area (Å²) in [5.41, 5.74) is 1.96. The highest BCUT2D eigenvalue weighted by Gasteiger charge is 2.58. The molecular formula is C23H31IN4O3. The number of aryl methyl sites for hydroxylation is 1. The number of halogens is 1. The lowest BCUT2D eigenvalue weighted by molar-refractivity contribution is -0.140. The third-order valence-electron chi connectivity index (χ3n) is 6.42. The first kappa shape index (κ1) is 23.7. The Balaban J connectivity index is 0.00000272. The summed E-state index contributed by atoms with van der Waals surface area (Å²) < 4.78 is 0. The van der Waals surface area contributed by atoms with Crippen LogP contribution < -0.4 is 10.6 Å². The van der Waals surface area contributed by atoms with Crippen LogP contribution in [0, 0.1) is 30.6 Å². The monoisotopic (exact) mass is 538 g/mol. The molecule has 5 unspecified atom stereocenters. The lowest BCUT2D eigenvalue weighted by atomic mass is 9.85. The van der Waals surface area contributed by atoms with Gasteiger partial charge in [0.1, 0.15) is 0 Å². The van der Waals surface area contributed by atoms with Crippen molar-refractivity contribution in [3.8, 4) is 0 Å². The second kappa shape index (κ2) is 10.1. The number of aliphatic hydroxyl groups is 1. The molecule has 2 bridgehead atoms. The Bertz CT molecular complexity index is 840. The third kappa shape index (κ3) is 4.79. The summed E-state index contributed by atoms with van der Waals surface area (Å²) in [5.74, 6) is 0.664. The molecule has 1 aromatic carbocycles. The van der Waals surface area contributed by atoms with E-state index in [0.29, 0.717) is 25.6 Å². The van der Waals surface area contributed by atoms with E-state index in [1.165, 1.54) is 4.90 Å². The molecule has 1 heterocycles. The van der Waals surface area contributed by atoms with Crippen LogP contribution >= 0.6 is 24.0 Å². The number of benzene rings is 1. The Labute approximate surface area is 200 Å². The van der Waals surface area contributed by atoms with Crippen molar-refractivity contribution in [3.63, 3.8) is 0 Å². The molecule has 2 fully saturated rings. The van der Waals surface area contributed by atoms with E-state index in [0.717, 1.165) is 17.5 Å². The first-order valence-electron chi connectivity index (χ1n) is 10.8. The van der Waals surface area contributed by atoms with Crippen molar-refractivity contribution < 1.29 is 14.7 Å². The number of imide groups is 1. The van der Waals surface area contributed by atoms with E-state index >= 15 is 0 Å². The fourth-order valence-electron chi connectivity index (χ4n) is 4.88. The van der Waals surface area contributed by atoms with Gasteiger partial charge in [-0.3, -0.25) is 19.5 Å². The molecule has 0 radical (unpaired) electrons. The standard InChI is InChI=1S/C23H30N4O3.HI/c1-3-24-23(26-13-18(28)15-6-4-14(2)5-7-15)25-10-11-27-21(29)19-16-8-9-17(12-16)20(19)22(27)30;/h4-9,16-20,28H,3,10-13H2,1-2H3,(H2,24,25,26);1H. The number of hydrogen-bond donors (Lipinski definition) is 3. The predicted molar refractivity (Wildman–Crippen MR) is 130 cm³/mol. The number of nitrogens with zero attached hydrogens (tertiary/aromatic N) is 2. The molecule has 0 spiro atoms. The number of nitrogens with one attached hydrogen (secondary N) is 2. The van der Waals surface area contributed by atoms with E-state index in [-0.39, 0.29) is 66.0 Å². The Morgan fingerprint density at radius 3 is 2.32 bits per heavy atom. The third-order valence-corrected chi connectivity index (χ3v) is 6.42. The first-order chi connectivity index (χ1) is 14.5. The van der Waals surface area contributed by atoms with Crippen LogP contribution in [0.4, 0.5) is 0 Å². The van der Waals surface area contributed by atoms with Crippen LogP contribution in [0.3, 0.4) is 0 Å². The molecule has 1 saturated heterocycles. The van der Waals surface area contributed by atoms with E-state index in [1.807, 2.05) is 38.1 Å². The van der Waals surface area contributed by atoms with Gasteiger partial charge in [0.2, 0.25) is 11.8 Å². The number of fused-ring (bicyclic) bond motifs is 5. The number of aliphatic imine (C=N–C) groups is 1. The molecule has 3 N–H and O–H groups in total. The van der Waals surface area contributed by atoms with Crippen LogP contribution in [0.25, 0.3) is 0 Å². The van der Waals surface area contributed by atoms with E-state index in [1.54, 1.807) is 0 Å². The molecule has 5 atom stereocenters. The molecule has 168 valence electrons. The number of aliphatic hydroxyl groups excluding tert-OH is 1. The molecule has 7 nitrogen and oxygen atoms in total. The quantitative estimate of drug-likeness (QED) is 0.162. The van der Waals surface area contributed by atoms with Gasteiger partial charge in [-0.05, 0) is 37.7 Å². The summed E-state index contributed by atoms with van der Waals surface area (Å²) in [6, 6.07) is 7.73. The summed E-state index contributed by atoms with van der Waals surface area (Å²) in [4.78, 5) is 31.4. The van der Waals surface area contributed by atoms with Crippen LogP contribution in [-0.2, 0) is 9.59 Å². The maximum Gasteiger partial charge on any atom is 0.233 e. The molecule has 1 saturated carbocycles. The van der Waals surface area contributed by atoms with Crippen molar-refractivity contribution in [3.05, 3.63) is 47.5 Å². The van der Waals surface area contributed by atoms with E-state index in [9.17, 15) is 14.7 Å². The van der Waals surface area contributed by atoms with Gasteiger partial charge in [0.25, 0.3) is 0 Å². The molecule has 31 heavy (non-hydrogen) atoms. The number of carbonyl (C=O) groups is 2. The van der Waals surface area contributed by atoms with Gasteiger partial charge in [0.15, 0.2) is 5.96 Å². The molecular weight excluding hydrogens is 507 g/mol. The maximum absolute atomic E-state index is 12.7. The second-order valence-electron chi connectivity index (χ2n) is 8.40. The Morgan fingerprint density at radius 1 is 1.13 bits per heavy atom. The van der Waals surface area contributed by atoms with E-state index < -0.39 is 6.10 Å². The Morgan fingerprint density at radius 2 is 1.74 bits per heavy atom. The highest BCUT2D eigenvalue weighted by molar-refractivity contribution is 14.0. The molecule has 0 aromatic heterocycles. The minimum Gasteiger partial charge on any atom is -0.386 e. The molecule has 3 aliphatic rings. The highest BCUT2D eigenvalue weighted by atomic mass is 127. The summed E-state index contributed by atoms with van der Waals surface area (Å²) in [6.45, 7) is 5.62. The van der Waals surface area contributed by atoms with Gasteiger partial charge >= 0.3 is 0 Å². The van der Waals surface area contributed by atoms with Crippen molar-refractivity contribution in [1.82, 2.24) is 15.5 Å². The average molecular weight is 538 g/mol. The number of hydrogen-bond acceptors (Lipinski definition) is 4. The van der Waals surface area contributed by atoms with Gasteiger partial charge in [0.05, 0.1) is 24.5 Å². The van der Waals surface area contributed by atoms with E-state index in [2.05, 4.69) is 27.8 Å². The number of amides is 2. The van der Waals surface area contributed by atoms with Crippen molar-refractivity contribution in [2.24, 2.45) is 28.7 Å². The lowest BCUT2D eigenvalue weighted by Gasteiger charge is -2.19.